The van der Waals surface area contributed by atoms with E-state index in [1.807, 2.05) is 30.3 Å². The maximum Gasteiger partial charge on any atom is 0.321 e. The highest BCUT2D eigenvalue weighted by Crippen LogP contribution is 2.22. The maximum absolute atomic E-state index is 12.6. The highest BCUT2D eigenvalue weighted by Gasteiger charge is 2.22. The Morgan fingerprint density at radius 2 is 1.69 bits per heavy atom. The van der Waals surface area contributed by atoms with Crippen molar-refractivity contribution in [3.8, 4) is 0 Å². The van der Waals surface area contributed by atoms with Crippen molar-refractivity contribution in [3.63, 3.8) is 0 Å². The van der Waals surface area contributed by atoms with Gasteiger partial charge in [-0.05, 0) is 36.0 Å². The van der Waals surface area contributed by atoms with Gasteiger partial charge in [0.1, 0.15) is 0 Å². The fraction of sp³-hybridized carbons (Fsp3) is 0.417. The number of urea groups is 1. The average molecular weight is 391 g/mol. The number of carbonyl (C=O) groups is 1. The number of benzene rings is 2. The minimum absolute atomic E-state index is 0.192. The molecule has 0 saturated heterocycles. The Labute approximate surface area is 173 Å². The molecule has 0 radical (unpaired) electrons. The van der Waals surface area contributed by atoms with E-state index in [4.69, 9.17) is 4.99 Å². The molecular weight excluding hydrogens is 360 g/mol. The van der Waals surface area contributed by atoms with Crippen molar-refractivity contribution in [2.24, 2.45) is 4.99 Å². The van der Waals surface area contributed by atoms with Crippen molar-refractivity contribution in [3.05, 3.63) is 71.3 Å². The SMILES string of the molecule is O=C(NCc1ccccc1)NC(=NC1CCCCC1)N1CCc2ccccc2C1. The van der Waals surface area contributed by atoms with Crippen molar-refractivity contribution in [1.82, 2.24) is 15.5 Å². The molecular formula is C24H30N4O. The molecule has 29 heavy (non-hydrogen) atoms. The number of carbonyl (C=O) groups excluding carboxylic acids is 1. The molecule has 1 fully saturated rings. The van der Waals surface area contributed by atoms with E-state index in [2.05, 4.69) is 39.8 Å². The summed E-state index contributed by atoms with van der Waals surface area (Å²) >= 11 is 0. The van der Waals surface area contributed by atoms with Crippen LogP contribution < -0.4 is 10.6 Å². The largest absolute Gasteiger partial charge is 0.338 e. The van der Waals surface area contributed by atoms with Gasteiger partial charge in [-0.2, -0.15) is 0 Å². The van der Waals surface area contributed by atoms with Gasteiger partial charge in [-0.25, -0.2) is 9.79 Å². The van der Waals surface area contributed by atoms with Gasteiger partial charge >= 0.3 is 6.03 Å². The molecule has 5 nitrogen and oxygen atoms in total. The van der Waals surface area contributed by atoms with Crippen LogP contribution in [-0.4, -0.2) is 29.5 Å². The fourth-order valence-corrected chi connectivity index (χ4v) is 4.18. The predicted octanol–water partition coefficient (Wildman–Crippen LogP) is 4.23. The van der Waals surface area contributed by atoms with Crippen LogP contribution in [0.1, 0.15) is 48.8 Å². The Balaban J connectivity index is 1.45. The smallest absolute Gasteiger partial charge is 0.321 e. The quantitative estimate of drug-likeness (QED) is 0.609. The highest BCUT2D eigenvalue weighted by atomic mass is 16.2. The normalized spacial score (nSPS) is 17.5. The molecule has 1 heterocycles. The lowest BCUT2D eigenvalue weighted by Crippen LogP contribution is -2.49. The van der Waals surface area contributed by atoms with Crippen LogP contribution in [0, 0.1) is 0 Å². The van der Waals surface area contributed by atoms with E-state index in [1.54, 1.807) is 0 Å². The van der Waals surface area contributed by atoms with Crippen LogP contribution in [0.15, 0.2) is 59.6 Å². The van der Waals surface area contributed by atoms with Gasteiger partial charge in [0.2, 0.25) is 5.96 Å². The van der Waals surface area contributed by atoms with Gasteiger partial charge in [0.05, 0.1) is 6.04 Å². The lowest BCUT2D eigenvalue weighted by atomic mass is 9.96. The van der Waals surface area contributed by atoms with Crippen molar-refractivity contribution >= 4 is 12.0 Å². The van der Waals surface area contributed by atoms with Crippen molar-refractivity contribution in [1.29, 1.82) is 0 Å². The Morgan fingerprint density at radius 3 is 2.48 bits per heavy atom. The molecule has 1 saturated carbocycles. The Hall–Kier alpha value is -2.82. The second-order valence-electron chi connectivity index (χ2n) is 7.98. The minimum Gasteiger partial charge on any atom is -0.338 e. The number of nitrogens with zero attached hydrogens (tertiary/aromatic N) is 2. The van der Waals surface area contributed by atoms with Crippen molar-refractivity contribution in [2.75, 3.05) is 6.54 Å². The summed E-state index contributed by atoms with van der Waals surface area (Å²) in [5, 5.41) is 6.03. The summed E-state index contributed by atoms with van der Waals surface area (Å²) in [5.41, 5.74) is 3.80. The molecule has 2 aromatic rings. The number of amides is 2. The fourth-order valence-electron chi connectivity index (χ4n) is 4.18. The number of nitrogens with one attached hydrogen (secondary N) is 2. The summed E-state index contributed by atoms with van der Waals surface area (Å²) in [7, 11) is 0. The monoisotopic (exact) mass is 390 g/mol. The second kappa shape index (κ2) is 9.59. The molecule has 0 aromatic heterocycles. The van der Waals surface area contributed by atoms with Crippen LogP contribution >= 0.6 is 0 Å². The molecule has 0 unspecified atom stereocenters. The summed E-state index contributed by atoms with van der Waals surface area (Å²) in [6.45, 7) is 2.18. The molecule has 2 N–H and O–H groups in total. The van der Waals surface area contributed by atoms with E-state index in [0.29, 0.717) is 12.6 Å². The van der Waals surface area contributed by atoms with Gasteiger partial charge in [0, 0.05) is 19.6 Å². The zero-order valence-electron chi connectivity index (χ0n) is 16.9. The Bertz CT molecular complexity index is 843. The number of hydrogen-bond donors (Lipinski definition) is 2. The van der Waals surface area contributed by atoms with Gasteiger partial charge in [-0.3, -0.25) is 5.32 Å². The van der Waals surface area contributed by atoms with Gasteiger partial charge in [-0.1, -0.05) is 73.9 Å². The highest BCUT2D eigenvalue weighted by molar-refractivity contribution is 5.96. The first-order valence-corrected chi connectivity index (χ1v) is 10.8. The summed E-state index contributed by atoms with van der Waals surface area (Å²) in [6, 6.07) is 18.6. The topological polar surface area (TPSA) is 56.7 Å². The number of hydrogen-bond acceptors (Lipinski definition) is 2. The molecule has 2 aliphatic rings. The lowest BCUT2D eigenvalue weighted by Gasteiger charge is -2.32. The first-order chi connectivity index (χ1) is 14.3. The van der Waals surface area contributed by atoms with Crippen LogP contribution in [-0.2, 0) is 19.5 Å². The third kappa shape index (κ3) is 5.37. The van der Waals surface area contributed by atoms with Crippen LogP contribution in [0.2, 0.25) is 0 Å². The van der Waals surface area contributed by atoms with E-state index in [9.17, 15) is 4.79 Å². The maximum atomic E-state index is 12.6. The number of fused-ring (bicyclic) bond motifs is 1. The third-order valence-corrected chi connectivity index (χ3v) is 5.83. The minimum atomic E-state index is -0.192. The predicted molar refractivity (Wildman–Crippen MR) is 117 cm³/mol. The van der Waals surface area contributed by atoms with E-state index >= 15 is 0 Å². The molecule has 1 aliphatic heterocycles. The zero-order valence-corrected chi connectivity index (χ0v) is 16.9. The Morgan fingerprint density at radius 1 is 0.966 bits per heavy atom. The first-order valence-electron chi connectivity index (χ1n) is 10.8. The van der Waals surface area contributed by atoms with E-state index in [0.717, 1.165) is 43.9 Å². The second-order valence-corrected chi connectivity index (χ2v) is 7.98. The van der Waals surface area contributed by atoms with Gasteiger partial charge in [-0.15, -0.1) is 0 Å². The van der Waals surface area contributed by atoms with Gasteiger partial charge in [0.15, 0.2) is 0 Å². The molecule has 2 amide bonds. The third-order valence-electron chi connectivity index (χ3n) is 5.83. The molecule has 4 rings (SSSR count). The van der Waals surface area contributed by atoms with Gasteiger partial charge in [0.25, 0.3) is 0 Å². The number of rotatable bonds is 3. The van der Waals surface area contributed by atoms with Crippen molar-refractivity contribution < 1.29 is 4.79 Å². The van der Waals surface area contributed by atoms with E-state index in [-0.39, 0.29) is 6.03 Å². The first kappa shape index (κ1) is 19.5. The average Bonchev–Trinajstić information content (AvgIpc) is 2.78. The van der Waals surface area contributed by atoms with Crippen molar-refractivity contribution in [2.45, 2.75) is 57.7 Å². The van der Waals surface area contributed by atoms with Gasteiger partial charge < -0.3 is 10.2 Å². The molecule has 0 bridgehead atoms. The van der Waals surface area contributed by atoms with Crippen LogP contribution in [0.3, 0.4) is 0 Å². The Kier molecular flexibility index (Phi) is 6.45. The van der Waals surface area contributed by atoms with Crippen LogP contribution in [0.25, 0.3) is 0 Å². The summed E-state index contributed by atoms with van der Waals surface area (Å²) in [4.78, 5) is 19.8. The van der Waals surface area contributed by atoms with Crippen LogP contribution in [0.4, 0.5) is 4.79 Å². The lowest BCUT2D eigenvalue weighted by molar-refractivity contribution is 0.242. The van der Waals surface area contributed by atoms with E-state index < -0.39 is 0 Å². The molecule has 0 spiro atoms. The molecule has 2 aromatic carbocycles. The molecule has 5 heteroatoms. The molecule has 0 atom stereocenters. The summed E-state index contributed by atoms with van der Waals surface area (Å²) in [5.74, 6) is 0.719. The number of guanidine groups is 1. The van der Waals surface area contributed by atoms with Crippen LogP contribution in [0.5, 0.6) is 0 Å². The zero-order chi connectivity index (χ0) is 19.9. The summed E-state index contributed by atoms with van der Waals surface area (Å²) < 4.78 is 0. The number of aliphatic imine (C=N–C) groups is 1. The standard InChI is InChI=1S/C24H30N4O/c29-24(25-17-19-9-3-1-4-10-19)27-23(26-22-13-5-2-6-14-22)28-16-15-20-11-7-8-12-21(20)18-28/h1,3-4,7-12,22H,2,5-6,13-18H2,(H2,25,26,27,29). The van der Waals surface area contributed by atoms with E-state index in [1.165, 1.54) is 30.4 Å². The molecule has 152 valence electrons. The summed E-state index contributed by atoms with van der Waals surface area (Å²) in [6.07, 6.45) is 6.95. The molecule has 1 aliphatic carbocycles.